The lowest BCUT2D eigenvalue weighted by Gasteiger charge is -2.08. The molecule has 1 unspecified atom stereocenters. The zero-order valence-electron chi connectivity index (χ0n) is 9.76. The quantitative estimate of drug-likeness (QED) is 0.612. The highest BCUT2D eigenvalue weighted by Crippen LogP contribution is 2.27. The summed E-state index contributed by atoms with van der Waals surface area (Å²) in [6, 6.07) is 4.36. The molecular weight excluding hydrogens is 266 g/mol. The van der Waals surface area contributed by atoms with E-state index in [2.05, 4.69) is 15.3 Å². The van der Waals surface area contributed by atoms with Crippen molar-refractivity contribution in [3.8, 4) is 11.5 Å². The van der Waals surface area contributed by atoms with E-state index in [0.717, 1.165) is 10.6 Å². The van der Waals surface area contributed by atoms with Crippen LogP contribution in [0.3, 0.4) is 0 Å². The van der Waals surface area contributed by atoms with Crippen molar-refractivity contribution in [2.45, 2.75) is 12.5 Å². The van der Waals surface area contributed by atoms with Crippen molar-refractivity contribution in [2.75, 3.05) is 0 Å². The van der Waals surface area contributed by atoms with Crippen LogP contribution in [0.1, 0.15) is 16.6 Å². The van der Waals surface area contributed by atoms with Crippen molar-refractivity contribution in [3.05, 3.63) is 35.1 Å². The molecule has 1 atom stereocenters. The van der Waals surface area contributed by atoms with E-state index in [1.807, 2.05) is 0 Å². The number of aromatic nitrogens is 4. The summed E-state index contributed by atoms with van der Waals surface area (Å²) in [5.74, 6) is -0.293. The minimum absolute atomic E-state index is 0.142. The summed E-state index contributed by atoms with van der Waals surface area (Å²) < 4.78 is 1.58. The first-order valence-corrected chi connectivity index (χ1v) is 6.38. The second-order valence-electron chi connectivity index (χ2n) is 4.13. The standard InChI is InChI=1S/C11H11N5O2S/c12-7(3-6-1-2-8(17)9(18)4-6)10-15-16-5-13-14-11(16)19-10/h1-2,4-5,7,17-18H,3,12H2. The topological polar surface area (TPSA) is 110 Å². The Hall–Kier alpha value is -2.19. The number of phenols is 2. The molecule has 0 fully saturated rings. The first-order chi connectivity index (χ1) is 9.13. The fraction of sp³-hybridized carbons (Fsp3) is 0.182. The predicted octanol–water partition coefficient (Wildman–Crippen LogP) is 0.839. The lowest BCUT2D eigenvalue weighted by atomic mass is 10.1. The molecule has 0 bridgehead atoms. The summed E-state index contributed by atoms with van der Waals surface area (Å²) >= 11 is 1.38. The van der Waals surface area contributed by atoms with E-state index >= 15 is 0 Å². The third kappa shape index (κ3) is 2.23. The van der Waals surface area contributed by atoms with Crippen LogP contribution in [-0.2, 0) is 6.42 Å². The normalized spacial score (nSPS) is 12.9. The number of aromatic hydroxyl groups is 2. The molecular formula is C11H11N5O2S. The largest absolute Gasteiger partial charge is 0.504 e. The molecule has 0 aliphatic carbocycles. The minimum Gasteiger partial charge on any atom is -0.504 e. The first-order valence-electron chi connectivity index (χ1n) is 5.56. The van der Waals surface area contributed by atoms with Crippen LogP contribution in [0.2, 0.25) is 0 Å². The Kier molecular flexibility index (Phi) is 2.80. The Morgan fingerprint density at radius 2 is 2.16 bits per heavy atom. The van der Waals surface area contributed by atoms with Crippen LogP contribution >= 0.6 is 11.3 Å². The lowest BCUT2D eigenvalue weighted by Crippen LogP contribution is -2.13. The average Bonchev–Trinajstić information content (AvgIpc) is 2.94. The van der Waals surface area contributed by atoms with Crippen LogP contribution in [0, 0.1) is 0 Å². The Balaban J connectivity index is 1.82. The molecule has 7 nitrogen and oxygen atoms in total. The number of hydrogen-bond donors (Lipinski definition) is 3. The molecule has 0 saturated carbocycles. The Morgan fingerprint density at radius 3 is 2.89 bits per heavy atom. The van der Waals surface area contributed by atoms with Crippen molar-refractivity contribution in [3.63, 3.8) is 0 Å². The minimum atomic E-state index is -0.296. The van der Waals surface area contributed by atoms with Crippen molar-refractivity contribution in [1.29, 1.82) is 0 Å². The molecule has 0 spiro atoms. The second kappa shape index (κ2) is 4.48. The molecule has 0 aliphatic heterocycles. The van der Waals surface area contributed by atoms with Gasteiger partial charge < -0.3 is 15.9 Å². The summed E-state index contributed by atoms with van der Waals surface area (Å²) in [6.45, 7) is 0. The summed E-state index contributed by atoms with van der Waals surface area (Å²) in [5.41, 5.74) is 6.91. The van der Waals surface area contributed by atoms with Crippen molar-refractivity contribution < 1.29 is 10.2 Å². The number of nitrogens with zero attached hydrogens (tertiary/aromatic N) is 4. The van der Waals surface area contributed by atoms with Crippen LogP contribution in [0.4, 0.5) is 0 Å². The van der Waals surface area contributed by atoms with Gasteiger partial charge in [-0.3, -0.25) is 0 Å². The van der Waals surface area contributed by atoms with Gasteiger partial charge in [-0.15, -0.1) is 10.2 Å². The van der Waals surface area contributed by atoms with Gasteiger partial charge in [0.2, 0.25) is 4.96 Å². The highest BCUT2D eigenvalue weighted by Gasteiger charge is 2.14. The summed E-state index contributed by atoms with van der Waals surface area (Å²) in [5, 5.41) is 31.3. The van der Waals surface area contributed by atoms with Crippen molar-refractivity contribution >= 4 is 16.3 Å². The molecule has 1 aromatic carbocycles. The third-order valence-corrected chi connectivity index (χ3v) is 3.76. The molecule has 0 saturated heterocycles. The molecule has 2 aromatic heterocycles. The van der Waals surface area contributed by atoms with E-state index in [1.165, 1.54) is 29.8 Å². The first kappa shape index (κ1) is 11.9. The van der Waals surface area contributed by atoms with Gasteiger partial charge in [0.1, 0.15) is 11.3 Å². The highest BCUT2D eigenvalue weighted by atomic mass is 32.1. The van der Waals surface area contributed by atoms with Gasteiger partial charge in [0.05, 0.1) is 6.04 Å². The van der Waals surface area contributed by atoms with E-state index in [1.54, 1.807) is 10.6 Å². The Labute approximate surface area is 112 Å². The average molecular weight is 277 g/mol. The van der Waals surface area contributed by atoms with Crippen LogP contribution < -0.4 is 5.73 Å². The number of hydrogen-bond acceptors (Lipinski definition) is 7. The maximum atomic E-state index is 9.44. The van der Waals surface area contributed by atoms with Crippen LogP contribution in [0.5, 0.6) is 11.5 Å². The summed E-state index contributed by atoms with van der Waals surface area (Å²) in [7, 11) is 0. The van der Waals surface area contributed by atoms with E-state index in [0.29, 0.717) is 11.4 Å². The van der Waals surface area contributed by atoms with Crippen LogP contribution in [0.25, 0.3) is 4.96 Å². The smallest absolute Gasteiger partial charge is 0.234 e. The fourth-order valence-corrected chi connectivity index (χ4v) is 2.58. The maximum Gasteiger partial charge on any atom is 0.234 e. The van der Waals surface area contributed by atoms with Gasteiger partial charge in [0, 0.05) is 0 Å². The predicted molar refractivity (Wildman–Crippen MR) is 69.1 cm³/mol. The molecule has 98 valence electrons. The Morgan fingerprint density at radius 1 is 1.32 bits per heavy atom. The SMILES string of the molecule is NC(Cc1ccc(O)c(O)c1)c1nn2cnnc2s1. The van der Waals surface area contributed by atoms with E-state index < -0.39 is 0 Å². The highest BCUT2D eigenvalue weighted by molar-refractivity contribution is 7.16. The maximum absolute atomic E-state index is 9.44. The van der Waals surface area contributed by atoms with Gasteiger partial charge in [-0.05, 0) is 24.1 Å². The monoisotopic (exact) mass is 277 g/mol. The van der Waals surface area contributed by atoms with Gasteiger partial charge in [-0.1, -0.05) is 17.4 Å². The molecule has 8 heteroatoms. The molecule has 4 N–H and O–H groups in total. The fourth-order valence-electron chi connectivity index (χ4n) is 1.76. The van der Waals surface area contributed by atoms with Crippen LogP contribution in [0.15, 0.2) is 24.5 Å². The lowest BCUT2D eigenvalue weighted by molar-refractivity contribution is 0.403. The molecule has 0 radical (unpaired) electrons. The van der Waals surface area contributed by atoms with Crippen molar-refractivity contribution in [1.82, 2.24) is 19.8 Å². The zero-order valence-corrected chi connectivity index (χ0v) is 10.6. The summed E-state index contributed by atoms with van der Waals surface area (Å²) in [6.07, 6.45) is 2.03. The number of phenolic OH excluding ortho intramolecular Hbond substituents is 2. The Bertz CT molecular complexity index is 694. The molecule has 3 aromatic rings. The van der Waals surface area contributed by atoms with E-state index in [4.69, 9.17) is 5.73 Å². The van der Waals surface area contributed by atoms with Gasteiger partial charge in [0.15, 0.2) is 11.5 Å². The van der Waals surface area contributed by atoms with E-state index in [-0.39, 0.29) is 17.5 Å². The van der Waals surface area contributed by atoms with Gasteiger partial charge in [-0.2, -0.15) is 9.61 Å². The molecule has 19 heavy (non-hydrogen) atoms. The molecule has 0 aliphatic rings. The zero-order chi connectivity index (χ0) is 13.4. The number of fused-ring (bicyclic) bond motifs is 1. The van der Waals surface area contributed by atoms with Gasteiger partial charge >= 0.3 is 0 Å². The number of benzene rings is 1. The number of rotatable bonds is 3. The van der Waals surface area contributed by atoms with E-state index in [9.17, 15) is 10.2 Å². The third-order valence-electron chi connectivity index (χ3n) is 2.72. The van der Waals surface area contributed by atoms with Crippen molar-refractivity contribution in [2.24, 2.45) is 5.73 Å². The molecule has 3 rings (SSSR count). The molecule has 0 amide bonds. The molecule has 2 heterocycles. The number of nitrogens with two attached hydrogens (primary N) is 1. The second-order valence-corrected chi connectivity index (χ2v) is 5.12. The van der Waals surface area contributed by atoms with Gasteiger partial charge in [0.25, 0.3) is 0 Å². The van der Waals surface area contributed by atoms with Gasteiger partial charge in [-0.25, -0.2) is 0 Å². The van der Waals surface area contributed by atoms with Crippen LogP contribution in [-0.4, -0.2) is 30.0 Å². The summed E-state index contributed by atoms with van der Waals surface area (Å²) in [4.78, 5) is 0.694.